The Labute approximate surface area is 195 Å². The third-order valence-electron chi connectivity index (χ3n) is 5.67. The van der Waals surface area contributed by atoms with Crippen molar-refractivity contribution in [3.63, 3.8) is 0 Å². The van der Waals surface area contributed by atoms with Crippen molar-refractivity contribution in [3.8, 4) is 0 Å². The summed E-state index contributed by atoms with van der Waals surface area (Å²) in [6, 6.07) is 17.2. The van der Waals surface area contributed by atoms with Crippen molar-refractivity contribution < 1.29 is 14.1 Å². The van der Waals surface area contributed by atoms with Crippen LogP contribution in [-0.2, 0) is 5.75 Å². The van der Waals surface area contributed by atoms with Gasteiger partial charge in [0.15, 0.2) is 5.16 Å². The second kappa shape index (κ2) is 9.11. The third kappa shape index (κ3) is 4.49. The number of hydrogen-bond donors (Lipinski definition) is 1. The molecule has 0 aliphatic carbocycles. The maximum atomic E-state index is 13.3. The van der Waals surface area contributed by atoms with E-state index in [1.54, 1.807) is 34.6 Å². The first-order valence-electron chi connectivity index (χ1n) is 10.8. The van der Waals surface area contributed by atoms with Crippen molar-refractivity contribution in [2.24, 2.45) is 0 Å². The predicted octanol–water partition coefficient (Wildman–Crippen LogP) is 3.75. The smallest absolute Gasteiger partial charge is 0.292 e. The molecular weight excluding hydrogens is 438 g/mol. The van der Waals surface area contributed by atoms with Gasteiger partial charge in [-0.25, -0.2) is 4.98 Å². The zero-order valence-electron chi connectivity index (χ0n) is 18.2. The molecule has 0 radical (unpaired) electrons. The van der Waals surface area contributed by atoms with E-state index in [0.29, 0.717) is 43.2 Å². The van der Waals surface area contributed by atoms with Crippen molar-refractivity contribution in [1.82, 2.24) is 24.9 Å². The first kappa shape index (κ1) is 21.3. The normalized spacial score (nSPS) is 14.1. The van der Waals surface area contributed by atoms with E-state index in [-0.39, 0.29) is 17.6 Å². The van der Waals surface area contributed by atoms with Crippen LogP contribution in [0.5, 0.6) is 0 Å². The highest BCUT2D eigenvalue weighted by molar-refractivity contribution is 7.98. The molecule has 0 atom stereocenters. The molecule has 1 aliphatic heterocycles. The number of nitrogens with one attached hydrogen (secondary N) is 1. The van der Waals surface area contributed by atoms with Gasteiger partial charge >= 0.3 is 0 Å². The van der Waals surface area contributed by atoms with Crippen molar-refractivity contribution in [2.45, 2.75) is 17.8 Å². The Morgan fingerprint density at radius 2 is 1.70 bits per heavy atom. The Bertz CT molecular complexity index is 1270. The predicted molar refractivity (Wildman–Crippen MR) is 125 cm³/mol. The first-order valence-corrected chi connectivity index (χ1v) is 11.7. The van der Waals surface area contributed by atoms with Crippen LogP contribution in [0, 0.1) is 6.92 Å². The number of para-hydroxylation sites is 2. The summed E-state index contributed by atoms with van der Waals surface area (Å²) in [5, 5.41) is 4.61. The first-order chi connectivity index (χ1) is 16.1. The molecule has 2 amide bonds. The molecule has 3 heterocycles. The number of thioether (sulfide) groups is 1. The number of H-pyrrole nitrogens is 1. The van der Waals surface area contributed by atoms with E-state index in [1.165, 1.54) is 0 Å². The van der Waals surface area contributed by atoms with Crippen LogP contribution in [0.25, 0.3) is 11.0 Å². The molecule has 168 valence electrons. The number of rotatable bonds is 5. The molecule has 4 aromatic rings. The summed E-state index contributed by atoms with van der Waals surface area (Å²) in [5.74, 6) is 0.661. The Morgan fingerprint density at radius 3 is 2.42 bits per heavy atom. The molecule has 1 saturated heterocycles. The van der Waals surface area contributed by atoms with Gasteiger partial charge in [0.25, 0.3) is 11.8 Å². The molecule has 2 aromatic heterocycles. The minimum Gasteiger partial charge on any atom is -0.351 e. The number of aromatic amines is 1. The fourth-order valence-electron chi connectivity index (χ4n) is 3.90. The Morgan fingerprint density at radius 1 is 1.00 bits per heavy atom. The van der Waals surface area contributed by atoms with Crippen molar-refractivity contribution in [3.05, 3.63) is 77.2 Å². The van der Waals surface area contributed by atoms with Crippen LogP contribution in [0.15, 0.2) is 64.3 Å². The van der Waals surface area contributed by atoms with Crippen LogP contribution in [0.3, 0.4) is 0 Å². The van der Waals surface area contributed by atoms with Gasteiger partial charge in [-0.3, -0.25) is 9.59 Å². The highest BCUT2D eigenvalue weighted by Gasteiger charge is 2.28. The number of aryl methyl sites for hydroxylation is 1. The number of hydrogen-bond acceptors (Lipinski definition) is 6. The summed E-state index contributed by atoms with van der Waals surface area (Å²) >= 11 is 1.57. The van der Waals surface area contributed by atoms with Crippen LogP contribution in [0.2, 0.25) is 0 Å². The van der Waals surface area contributed by atoms with Crippen LogP contribution in [0.1, 0.15) is 32.2 Å². The number of carbonyl (C=O) groups excluding carboxylic acids is 2. The zero-order valence-corrected chi connectivity index (χ0v) is 19.0. The Balaban J connectivity index is 1.23. The lowest BCUT2D eigenvalue weighted by Gasteiger charge is -2.34. The highest BCUT2D eigenvalue weighted by Crippen LogP contribution is 2.25. The van der Waals surface area contributed by atoms with Crippen LogP contribution >= 0.6 is 11.8 Å². The highest BCUT2D eigenvalue weighted by atomic mass is 32.2. The van der Waals surface area contributed by atoms with Gasteiger partial charge in [-0.15, -0.1) is 0 Å². The number of amides is 2. The summed E-state index contributed by atoms with van der Waals surface area (Å²) < 4.78 is 5.09. The van der Waals surface area contributed by atoms with Gasteiger partial charge in [-0.05, 0) is 30.7 Å². The maximum absolute atomic E-state index is 13.3. The molecule has 1 fully saturated rings. The number of nitrogens with zero attached hydrogens (tertiary/aromatic N) is 4. The largest absolute Gasteiger partial charge is 0.351 e. The van der Waals surface area contributed by atoms with Crippen LogP contribution in [0.4, 0.5) is 0 Å². The van der Waals surface area contributed by atoms with Gasteiger partial charge in [0.2, 0.25) is 5.76 Å². The lowest BCUT2D eigenvalue weighted by atomic mass is 10.1. The third-order valence-corrected chi connectivity index (χ3v) is 6.59. The van der Waals surface area contributed by atoms with E-state index in [9.17, 15) is 9.59 Å². The molecule has 0 saturated carbocycles. The second-order valence-corrected chi connectivity index (χ2v) is 8.89. The van der Waals surface area contributed by atoms with Crippen LogP contribution < -0.4 is 0 Å². The van der Waals surface area contributed by atoms with Gasteiger partial charge in [0.1, 0.15) is 0 Å². The number of carbonyl (C=O) groups is 2. The standard InChI is InChI=1S/C24H23N5O3S/c1-16-14-21(32-27-16)23(31)29-12-10-28(11-13-29)22(30)18-7-3-2-6-17(18)15-33-24-25-19-8-4-5-9-20(19)26-24/h2-9,14H,10-13,15H2,1H3,(H,25,26). The molecular formula is C24H23N5O3S. The van der Waals surface area contributed by atoms with Gasteiger partial charge in [-0.2, -0.15) is 0 Å². The number of piperazine rings is 1. The Hall–Kier alpha value is -3.59. The zero-order chi connectivity index (χ0) is 22.8. The SMILES string of the molecule is Cc1cc(C(=O)N2CCN(C(=O)c3ccccc3CSc3nc4ccccc4[nH]3)CC2)on1. The van der Waals surface area contributed by atoms with E-state index in [0.717, 1.165) is 21.8 Å². The number of imidazole rings is 1. The number of aromatic nitrogens is 3. The summed E-state index contributed by atoms with van der Waals surface area (Å²) in [6.07, 6.45) is 0. The van der Waals surface area contributed by atoms with Crippen molar-refractivity contribution in [1.29, 1.82) is 0 Å². The van der Waals surface area contributed by atoms with E-state index < -0.39 is 0 Å². The monoisotopic (exact) mass is 461 g/mol. The summed E-state index contributed by atoms with van der Waals surface area (Å²) in [6.45, 7) is 3.65. The molecule has 9 heteroatoms. The molecule has 2 aromatic carbocycles. The minimum absolute atomic E-state index is 0.0154. The van der Waals surface area contributed by atoms with Gasteiger partial charge < -0.3 is 19.3 Å². The second-order valence-electron chi connectivity index (χ2n) is 7.92. The van der Waals surface area contributed by atoms with Gasteiger partial charge in [0, 0.05) is 43.6 Å². The van der Waals surface area contributed by atoms with E-state index in [4.69, 9.17) is 4.52 Å². The summed E-state index contributed by atoms with van der Waals surface area (Å²) in [7, 11) is 0. The van der Waals surface area contributed by atoms with Gasteiger partial charge in [0.05, 0.1) is 16.7 Å². The maximum Gasteiger partial charge on any atom is 0.292 e. The summed E-state index contributed by atoms with van der Waals surface area (Å²) in [4.78, 5) is 37.3. The molecule has 8 nitrogen and oxygen atoms in total. The van der Waals surface area contributed by atoms with Crippen molar-refractivity contribution in [2.75, 3.05) is 26.2 Å². The topological polar surface area (TPSA) is 95.3 Å². The molecule has 1 N–H and O–H groups in total. The fourth-order valence-corrected chi connectivity index (χ4v) is 4.79. The fraction of sp³-hybridized carbons (Fsp3) is 0.250. The quantitative estimate of drug-likeness (QED) is 0.455. The molecule has 0 unspecified atom stereocenters. The van der Waals surface area contributed by atoms with E-state index in [2.05, 4.69) is 15.1 Å². The van der Waals surface area contributed by atoms with E-state index >= 15 is 0 Å². The number of benzene rings is 2. The van der Waals surface area contributed by atoms with Crippen LogP contribution in [-0.4, -0.2) is 62.9 Å². The molecule has 33 heavy (non-hydrogen) atoms. The Kier molecular flexibility index (Phi) is 5.87. The average molecular weight is 462 g/mol. The molecule has 1 aliphatic rings. The minimum atomic E-state index is -0.190. The lowest BCUT2D eigenvalue weighted by molar-refractivity contribution is 0.0512. The number of fused-ring (bicyclic) bond motifs is 1. The van der Waals surface area contributed by atoms with Gasteiger partial charge in [-0.1, -0.05) is 47.3 Å². The average Bonchev–Trinajstić information content (AvgIpc) is 3.48. The summed E-state index contributed by atoms with van der Waals surface area (Å²) in [5.41, 5.74) is 4.24. The lowest BCUT2D eigenvalue weighted by Crippen LogP contribution is -2.50. The molecule has 5 rings (SSSR count). The molecule has 0 spiro atoms. The van der Waals surface area contributed by atoms with E-state index in [1.807, 2.05) is 48.5 Å². The molecule has 0 bridgehead atoms. The van der Waals surface area contributed by atoms with Crippen molar-refractivity contribution >= 4 is 34.6 Å².